The van der Waals surface area contributed by atoms with Gasteiger partial charge in [0.2, 0.25) is 0 Å². The highest BCUT2D eigenvalue weighted by atomic mass is 16.6. The predicted molar refractivity (Wildman–Crippen MR) is 127 cm³/mol. The summed E-state index contributed by atoms with van der Waals surface area (Å²) in [4.78, 5) is 23.0. The van der Waals surface area contributed by atoms with Crippen molar-refractivity contribution in [2.24, 2.45) is 0 Å². The van der Waals surface area contributed by atoms with Gasteiger partial charge in [-0.1, -0.05) is 12.1 Å². The largest absolute Gasteiger partial charge is 0.497 e. The van der Waals surface area contributed by atoms with Crippen LogP contribution in [0.4, 0.5) is 5.69 Å². The number of ether oxygens (including phenoxy) is 4. The Morgan fingerprint density at radius 1 is 0.912 bits per heavy atom. The first-order chi connectivity index (χ1) is 16.5. The van der Waals surface area contributed by atoms with E-state index in [0.717, 1.165) is 5.75 Å². The Labute approximate surface area is 197 Å². The predicted octanol–water partition coefficient (Wildman–Crippen LogP) is 4.24. The number of carbonyl (C=O) groups excluding carboxylic acids is 1. The second kappa shape index (κ2) is 12.1. The molecule has 3 rings (SSSR count). The van der Waals surface area contributed by atoms with Crippen LogP contribution in [0.25, 0.3) is 11.1 Å². The van der Waals surface area contributed by atoms with Gasteiger partial charge in [-0.25, -0.2) is 0 Å². The van der Waals surface area contributed by atoms with E-state index >= 15 is 0 Å². The van der Waals surface area contributed by atoms with Crippen LogP contribution in [0.5, 0.6) is 23.0 Å². The summed E-state index contributed by atoms with van der Waals surface area (Å²) >= 11 is 0. The minimum Gasteiger partial charge on any atom is -0.497 e. The summed E-state index contributed by atoms with van der Waals surface area (Å²) in [5.41, 5.74) is 1.13. The molecule has 0 radical (unpaired) electrons. The number of nitrogens with one attached hydrogen (secondary N) is 1. The van der Waals surface area contributed by atoms with E-state index in [1.54, 1.807) is 43.5 Å². The number of rotatable bonds is 12. The van der Waals surface area contributed by atoms with E-state index in [0.29, 0.717) is 41.5 Å². The van der Waals surface area contributed by atoms with E-state index in [1.165, 1.54) is 18.2 Å². The summed E-state index contributed by atoms with van der Waals surface area (Å²) in [7, 11) is 1.55. The lowest BCUT2D eigenvalue weighted by Gasteiger charge is -2.13. The van der Waals surface area contributed by atoms with Crippen LogP contribution < -0.4 is 24.3 Å². The van der Waals surface area contributed by atoms with Crippen molar-refractivity contribution >= 4 is 11.6 Å². The first-order valence-corrected chi connectivity index (χ1v) is 10.7. The fraction of sp³-hybridized carbons (Fsp3) is 0.240. The van der Waals surface area contributed by atoms with E-state index in [9.17, 15) is 14.9 Å². The molecule has 0 aliphatic heterocycles. The Balaban J connectivity index is 1.54. The zero-order valence-corrected chi connectivity index (χ0v) is 19.0. The van der Waals surface area contributed by atoms with Gasteiger partial charge in [-0.15, -0.1) is 0 Å². The third-order valence-corrected chi connectivity index (χ3v) is 4.76. The SMILES string of the molecule is CCOc1ccc(OCCNC(=O)COc2ccc([N+](=O)[O-])cc2-c2ccc(OC)cc2)cc1. The van der Waals surface area contributed by atoms with Crippen LogP contribution in [-0.2, 0) is 4.79 Å². The highest BCUT2D eigenvalue weighted by Gasteiger charge is 2.15. The van der Waals surface area contributed by atoms with Gasteiger partial charge in [0.05, 0.1) is 25.2 Å². The molecule has 1 amide bonds. The van der Waals surface area contributed by atoms with Crippen LogP contribution in [0.2, 0.25) is 0 Å². The molecule has 1 N–H and O–H groups in total. The second-order valence-corrected chi connectivity index (χ2v) is 7.06. The normalized spacial score (nSPS) is 10.3. The van der Waals surface area contributed by atoms with Crippen molar-refractivity contribution in [2.75, 3.05) is 33.5 Å². The first-order valence-electron chi connectivity index (χ1n) is 10.7. The molecule has 0 bridgehead atoms. The molecule has 0 atom stereocenters. The summed E-state index contributed by atoms with van der Waals surface area (Å²) in [5.74, 6) is 2.11. The molecular weight excluding hydrogens is 440 g/mol. The van der Waals surface area contributed by atoms with E-state index in [2.05, 4.69) is 5.32 Å². The summed E-state index contributed by atoms with van der Waals surface area (Å²) < 4.78 is 21.8. The van der Waals surface area contributed by atoms with Crippen LogP contribution >= 0.6 is 0 Å². The molecule has 0 unspecified atom stereocenters. The van der Waals surface area contributed by atoms with Crippen molar-refractivity contribution in [1.29, 1.82) is 0 Å². The lowest BCUT2D eigenvalue weighted by molar-refractivity contribution is -0.384. The molecule has 3 aromatic carbocycles. The van der Waals surface area contributed by atoms with E-state index in [4.69, 9.17) is 18.9 Å². The highest BCUT2D eigenvalue weighted by molar-refractivity contribution is 5.78. The van der Waals surface area contributed by atoms with E-state index in [1.807, 2.05) is 19.1 Å². The van der Waals surface area contributed by atoms with Gasteiger partial charge in [-0.2, -0.15) is 0 Å². The molecule has 0 fully saturated rings. The minimum atomic E-state index is -0.478. The third kappa shape index (κ3) is 6.86. The Hall–Kier alpha value is -4.27. The molecule has 9 nitrogen and oxygen atoms in total. The summed E-state index contributed by atoms with van der Waals surface area (Å²) in [6.45, 7) is 2.84. The molecule has 0 aliphatic carbocycles. The molecule has 0 aliphatic rings. The van der Waals surface area contributed by atoms with Gasteiger partial charge in [0.25, 0.3) is 11.6 Å². The number of hydrogen-bond acceptors (Lipinski definition) is 7. The van der Waals surface area contributed by atoms with Crippen molar-refractivity contribution in [3.63, 3.8) is 0 Å². The van der Waals surface area contributed by atoms with Gasteiger partial charge in [-0.3, -0.25) is 14.9 Å². The van der Waals surface area contributed by atoms with Crippen molar-refractivity contribution < 1.29 is 28.7 Å². The van der Waals surface area contributed by atoms with Gasteiger partial charge in [-0.05, 0) is 55.0 Å². The number of benzene rings is 3. The molecule has 0 aromatic heterocycles. The van der Waals surface area contributed by atoms with Gasteiger partial charge in [0.1, 0.15) is 29.6 Å². The van der Waals surface area contributed by atoms with Gasteiger partial charge in [0, 0.05) is 17.7 Å². The third-order valence-electron chi connectivity index (χ3n) is 4.76. The number of nitro groups is 1. The standard InChI is InChI=1S/C25H26N2O7/c1-3-32-21-9-11-22(12-10-21)33-15-14-26-25(28)17-34-24-13-6-19(27(29)30)16-23(24)18-4-7-20(31-2)8-5-18/h4-13,16H,3,14-15,17H2,1-2H3,(H,26,28). The fourth-order valence-electron chi connectivity index (χ4n) is 3.11. The molecule has 178 valence electrons. The smallest absolute Gasteiger partial charge is 0.270 e. The van der Waals surface area contributed by atoms with Crippen LogP contribution in [0, 0.1) is 10.1 Å². The zero-order chi connectivity index (χ0) is 24.3. The Morgan fingerprint density at radius 2 is 1.56 bits per heavy atom. The quantitative estimate of drug-likeness (QED) is 0.241. The molecule has 9 heteroatoms. The maximum absolute atomic E-state index is 12.2. The molecule has 0 saturated heterocycles. The van der Waals surface area contributed by atoms with Crippen LogP contribution in [-0.4, -0.2) is 44.3 Å². The van der Waals surface area contributed by atoms with Crippen molar-refractivity contribution in [3.05, 3.63) is 76.8 Å². The Kier molecular flexibility index (Phi) is 8.67. The molecule has 34 heavy (non-hydrogen) atoms. The number of carbonyl (C=O) groups is 1. The fourth-order valence-corrected chi connectivity index (χ4v) is 3.11. The zero-order valence-electron chi connectivity index (χ0n) is 19.0. The molecule has 0 spiro atoms. The number of amides is 1. The molecule has 0 saturated carbocycles. The lowest BCUT2D eigenvalue weighted by Crippen LogP contribution is -2.32. The number of non-ortho nitro benzene ring substituents is 1. The number of nitro benzene ring substituents is 1. The number of methoxy groups -OCH3 is 1. The summed E-state index contributed by atoms with van der Waals surface area (Å²) in [6, 6.07) is 18.5. The lowest BCUT2D eigenvalue weighted by atomic mass is 10.0. The Morgan fingerprint density at radius 3 is 2.18 bits per heavy atom. The summed E-state index contributed by atoms with van der Waals surface area (Å²) in [5, 5.41) is 13.9. The second-order valence-electron chi connectivity index (χ2n) is 7.06. The number of nitrogens with zero attached hydrogens (tertiary/aromatic N) is 1. The van der Waals surface area contributed by atoms with Gasteiger partial charge < -0.3 is 24.3 Å². The molecule has 0 heterocycles. The van der Waals surface area contributed by atoms with Crippen LogP contribution in [0.15, 0.2) is 66.7 Å². The average molecular weight is 466 g/mol. The van der Waals surface area contributed by atoms with Crippen LogP contribution in [0.3, 0.4) is 0 Å². The van der Waals surface area contributed by atoms with Gasteiger partial charge >= 0.3 is 0 Å². The van der Waals surface area contributed by atoms with Crippen molar-refractivity contribution in [2.45, 2.75) is 6.92 Å². The first kappa shape index (κ1) is 24.4. The number of hydrogen-bond donors (Lipinski definition) is 1. The molecule has 3 aromatic rings. The van der Waals surface area contributed by atoms with Gasteiger partial charge in [0.15, 0.2) is 6.61 Å². The van der Waals surface area contributed by atoms with E-state index < -0.39 is 4.92 Å². The molecular formula is C25H26N2O7. The summed E-state index contributed by atoms with van der Waals surface area (Å²) in [6.07, 6.45) is 0. The Bertz CT molecular complexity index is 1100. The average Bonchev–Trinajstić information content (AvgIpc) is 2.86. The maximum atomic E-state index is 12.2. The van der Waals surface area contributed by atoms with Crippen LogP contribution in [0.1, 0.15) is 6.92 Å². The van der Waals surface area contributed by atoms with E-state index in [-0.39, 0.29) is 24.8 Å². The van der Waals surface area contributed by atoms with Crippen molar-refractivity contribution in [1.82, 2.24) is 5.32 Å². The maximum Gasteiger partial charge on any atom is 0.270 e. The monoisotopic (exact) mass is 466 g/mol. The highest BCUT2D eigenvalue weighted by Crippen LogP contribution is 2.34. The van der Waals surface area contributed by atoms with Crippen molar-refractivity contribution in [3.8, 4) is 34.1 Å². The minimum absolute atomic E-state index is 0.0749. The topological polar surface area (TPSA) is 109 Å².